The molecular formula is C45H61N4O9PSi. The van der Waals surface area contributed by atoms with Crippen LogP contribution in [0.1, 0.15) is 83.2 Å². The highest BCUT2D eigenvalue weighted by atomic mass is 31.2. The molecule has 1 saturated heterocycles. The molecule has 5 rings (SSSR count). The zero-order chi connectivity index (χ0) is 43.8. The lowest BCUT2D eigenvalue weighted by atomic mass is 9.80. The standard InChI is InChI=1S/C45H61N4O9PSi/c1-30(2)49(31(3)4)59(55-27-15-26-46)57-40-38(56-39(37-28-47-43(51)48-42(37)50)41(40)58-60(10,11)44(5,6)7)29-54-45(32-16-13-12-14-17-32,33-18-22-35(52-8)23-19-33)34-20-24-36(53-9)25-21-34/h12-14,16-25,28,30-31,38-41H,15,27,29H2,1-11H3,(H2,47,48,50,51). The number of rotatable bonds is 19. The number of nitriles is 1. The normalized spacial score (nSPS) is 19.1. The van der Waals surface area contributed by atoms with Gasteiger partial charge in [0.15, 0.2) is 8.32 Å². The molecule has 1 fully saturated rings. The minimum absolute atomic E-state index is 0.00342. The molecular weight excluding hydrogens is 800 g/mol. The van der Waals surface area contributed by atoms with Gasteiger partial charge < -0.3 is 37.4 Å². The Kier molecular flexibility index (Phi) is 15.7. The van der Waals surface area contributed by atoms with Gasteiger partial charge in [0.05, 0.1) is 45.5 Å². The molecule has 1 aliphatic heterocycles. The predicted octanol–water partition coefficient (Wildman–Crippen LogP) is 8.58. The zero-order valence-electron chi connectivity index (χ0n) is 36.7. The molecule has 3 aromatic carbocycles. The molecule has 4 aromatic rings. The second-order valence-corrected chi connectivity index (χ2v) is 23.1. The molecule has 13 nitrogen and oxygen atoms in total. The Morgan fingerprint density at radius 2 is 1.40 bits per heavy atom. The fourth-order valence-electron chi connectivity index (χ4n) is 7.20. The van der Waals surface area contributed by atoms with Crippen molar-refractivity contribution in [2.24, 2.45) is 0 Å². The van der Waals surface area contributed by atoms with E-state index in [2.05, 4.69) is 82.3 Å². The third kappa shape index (κ3) is 10.5. The van der Waals surface area contributed by atoms with Crippen LogP contribution in [0.4, 0.5) is 0 Å². The fraction of sp³-hybridized carbons (Fsp3) is 0.489. The van der Waals surface area contributed by atoms with Gasteiger partial charge >= 0.3 is 5.69 Å². The molecule has 0 radical (unpaired) electrons. The van der Waals surface area contributed by atoms with E-state index in [1.54, 1.807) is 14.2 Å². The van der Waals surface area contributed by atoms with E-state index in [9.17, 15) is 14.9 Å². The summed E-state index contributed by atoms with van der Waals surface area (Å²) in [5.74, 6) is 1.37. The van der Waals surface area contributed by atoms with E-state index in [1.165, 1.54) is 6.20 Å². The van der Waals surface area contributed by atoms with Crippen molar-refractivity contribution < 1.29 is 32.4 Å². The van der Waals surface area contributed by atoms with Crippen LogP contribution in [0.5, 0.6) is 11.5 Å². The number of hydrogen-bond donors (Lipinski definition) is 2. The number of aromatic amines is 2. The van der Waals surface area contributed by atoms with Gasteiger partial charge in [-0.05, 0) is 86.8 Å². The van der Waals surface area contributed by atoms with Crippen molar-refractivity contribution >= 4 is 16.8 Å². The third-order valence-electron chi connectivity index (χ3n) is 11.2. The molecule has 0 saturated carbocycles. The number of H-pyrrole nitrogens is 2. The highest BCUT2D eigenvalue weighted by Crippen LogP contribution is 2.53. The van der Waals surface area contributed by atoms with Crippen molar-refractivity contribution in [3.63, 3.8) is 0 Å². The molecule has 2 N–H and O–H groups in total. The summed E-state index contributed by atoms with van der Waals surface area (Å²) >= 11 is 0. The average molecular weight is 861 g/mol. The van der Waals surface area contributed by atoms with Crippen molar-refractivity contribution in [3.8, 4) is 17.6 Å². The highest BCUT2D eigenvalue weighted by Gasteiger charge is 2.54. The van der Waals surface area contributed by atoms with Gasteiger partial charge in [-0.25, -0.2) is 9.46 Å². The number of nitrogens with zero attached hydrogens (tertiary/aromatic N) is 2. The Labute approximate surface area is 356 Å². The highest BCUT2D eigenvalue weighted by molar-refractivity contribution is 7.44. The van der Waals surface area contributed by atoms with Crippen LogP contribution in [0.25, 0.3) is 0 Å². The second kappa shape index (κ2) is 20.1. The number of ether oxygens (including phenoxy) is 4. The van der Waals surface area contributed by atoms with E-state index in [0.29, 0.717) is 11.5 Å². The van der Waals surface area contributed by atoms with E-state index in [1.807, 2.05) is 78.9 Å². The van der Waals surface area contributed by atoms with Gasteiger partial charge in [-0.3, -0.25) is 9.78 Å². The number of hydrogen-bond acceptors (Lipinski definition) is 11. The Morgan fingerprint density at radius 1 is 0.850 bits per heavy atom. The smallest absolute Gasteiger partial charge is 0.325 e. The van der Waals surface area contributed by atoms with Crippen LogP contribution in [-0.4, -0.2) is 80.8 Å². The van der Waals surface area contributed by atoms with E-state index >= 15 is 0 Å². The van der Waals surface area contributed by atoms with Gasteiger partial charge in [0.1, 0.15) is 41.5 Å². The SMILES string of the molecule is COc1ccc(C(OCC2OC(c3c[nH]c(=O)[nH]c3=O)C(O[Si](C)(C)C(C)(C)C)C2OP(OCCC#N)N(C(C)C)C(C)C)(c2ccccc2)c2ccc(OC)cc2)cc1. The van der Waals surface area contributed by atoms with Crippen LogP contribution in [-0.2, 0) is 28.5 Å². The number of benzene rings is 3. The molecule has 5 atom stereocenters. The molecule has 15 heteroatoms. The number of methoxy groups -OCH3 is 2. The Balaban J connectivity index is 1.73. The van der Waals surface area contributed by atoms with E-state index in [0.717, 1.165) is 16.7 Å². The van der Waals surface area contributed by atoms with Crippen molar-refractivity contribution in [3.05, 3.63) is 128 Å². The van der Waals surface area contributed by atoms with Gasteiger partial charge in [0, 0.05) is 18.3 Å². The lowest BCUT2D eigenvalue weighted by Crippen LogP contribution is -2.50. The lowest BCUT2D eigenvalue weighted by molar-refractivity contribution is -0.0808. The van der Waals surface area contributed by atoms with Gasteiger partial charge in [0.2, 0.25) is 0 Å². The van der Waals surface area contributed by atoms with E-state index in [4.69, 9.17) is 32.4 Å². The molecule has 0 aliphatic carbocycles. The number of nitrogens with one attached hydrogen (secondary N) is 2. The van der Waals surface area contributed by atoms with Crippen molar-refractivity contribution in [1.29, 1.82) is 5.26 Å². The van der Waals surface area contributed by atoms with E-state index in [-0.39, 0.29) is 42.3 Å². The van der Waals surface area contributed by atoms with Crippen LogP contribution in [0.15, 0.2) is 94.6 Å². The summed E-state index contributed by atoms with van der Waals surface area (Å²) in [4.78, 5) is 31.0. The second-order valence-electron chi connectivity index (χ2n) is 16.9. The van der Waals surface area contributed by atoms with Gasteiger partial charge in [-0.2, -0.15) is 5.26 Å². The molecule has 0 amide bonds. The first kappa shape index (κ1) is 46.9. The maximum absolute atomic E-state index is 13.7. The van der Waals surface area contributed by atoms with Crippen LogP contribution in [0, 0.1) is 11.3 Å². The summed E-state index contributed by atoms with van der Waals surface area (Å²) < 4.78 is 48.6. The van der Waals surface area contributed by atoms with E-state index < -0.39 is 58.1 Å². The van der Waals surface area contributed by atoms with Crippen LogP contribution in [0.2, 0.25) is 18.1 Å². The first-order valence-electron chi connectivity index (χ1n) is 20.4. The number of aromatic nitrogens is 2. The summed E-state index contributed by atoms with van der Waals surface area (Å²) in [6, 6.07) is 27.7. The maximum atomic E-state index is 13.7. The first-order chi connectivity index (χ1) is 28.5. The summed E-state index contributed by atoms with van der Waals surface area (Å²) in [6.45, 7) is 19.1. The molecule has 60 heavy (non-hydrogen) atoms. The predicted molar refractivity (Wildman–Crippen MR) is 236 cm³/mol. The fourth-order valence-corrected chi connectivity index (χ4v) is 10.3. The van der Waals surface area contributed by atoms with Gasteiger partial charge in [-0.15, -0.1) is 0 Å². The van der Waals surface area contributed by atoms with Crippen molar-refractivity contribution in [2.75, 3.05) is 27.4 Å². The summed E-state index contributed by atoms with van der Waals surface area (Å²) in [5.41, 5.74) is 0.256. The summed E-state index contributed by atoms with van der Waals surface area (Å²) in [7, 11) is -1.20. The van der Waals surface area contributed by atoms with Crippen molar-refractivity contribution in [2.45, 2.75) is 115 Å². The Bertz CT molecular complexity index is 2080. The molecule has 0 bridgehead atoms. The summed E-state index contributed by atoms with van der Waals surface area (Å²) in [5, 5.41) is 9.26. The average Bonchev–Trinajstić information content (AvgIpc) is 3.53. The minimum atomic E-state index is -2.63. The molecule has 1 aromatic heterocycles. The third-order valence-corrected chi connectivity index (χ3v) is 17.8. The Morgan fingerprint density at radius 3 is 1.88 bits per heavy atom. The topological polar surface area (TPSA) is 157 Å². The minimum Gasteiger partial charge on any atom is -0.497 e. The van der Waals surface area contributed by atoms with Crippen LogP contribution < -0.4 is 20.7 Å². The largest absolute Gasteiger partial charge is 0.497 e. The quantitative estimate of drug-likeness (QED) is 0.0403. The van der Waals surface area contributed by atoms with Crippen LogP contribution in [0.3, 0.4) is 0 Å². The molecule has 324 valence electrons. The Hall–Kier alpha value is -4.16. The summed E-state index contributed by atoms with van der Waals surface area (Å²) in [6.07, 6.45) is -1.97. The molecule has 0 spiro atoms. The molecule has 5 unspecified atom stereocenters. The van der Waals surface area contributed by atoms with Gasteiger partial charge in [0.25, 0.3) is 14.1 Å². The molecule has 1 aliphatic rings. The zero-order valence-corrected chi connectivity index (χ0v) is 38.6. The monoisotopic (exact) mass is 860 g/mol. The van der Waals surface area contributed by atoms with Crippen molar-refractivity contribution in [1.82, 2.24) is 14.6 Å². The molecule has 2 heterocycles. The lowest BCUT2D eigenvalue weighted by Gasteiger charge is -2.42. The van der Waals surface area contributed by atoms with Gasteiger partial charge in [-0.1, -0.05) is 75.4 Å². The first-order valence-corrected chi connectivity index (χ1v) is 24.4. The maximum Gasteiger partial charge on any atom is 0.325 e. The van der Waals surface area contributed by atoms with Crippen LogP contribution >= 0.6 is 8.53 Å².